The van der Waals surface area contributed by atoms with E-state index in [1.807, 2.05) is 6.92 Å². The zero-order chi connectivity index (χ0) is 19.7. The van der Waals surface area contributed by atoms with Gasteiger partial charge in [0, 0.05) is 18.0 Å². The van der Waals surface area contributed by atoms with Gasteiger partial charge in [0.05, 0.1) is 23.8 Å². The molecule has 4 rings (SSSR count). The van der Waals surface area contributed by atoms with E-state index in [1.165, 1.54) is 35.0 Å². The number of thioether (sulfide) groups is 1. The predicted octanol–water partition coefficient (Wildman–Crippen LogP) is 3.13. The average Bonchev–Trinajstić information content (AvgIpc) is 3.38. The largest absolute Gasteiger partial charge is 0.383 e. The predicted molar refractivity (Wildman–Crippen MR) is 113 cm³/mol. The summed E-state index contributed by atoms with van der Waals surface area (Å²) in [4.78, 5) is 32.8. The number of carbonyl (C=O) groups is 1. The van der Waals surface area contributed by atoms with Crippen molar-refractivity contribution in [3.8, 4) is 0 Å². The summed E-state index contributed by atoms with van der Waals surface area (Å²) < 4.78 is 6.91. The van der Waals surface area contributed by atoms with E-state index in [0.29, 0.717) is 24.3 Å². The highest BCUT2D eigenvalue weighted by atomic mass is 32.2. The van der Waals surface area contributed by atoms with Crippen LogP contribution in [-0.4, -0.2) is 40.5 Å². The summed E-state index contributed by atoms with van der Waals surface area (Å²) in [5, 5.41) is 4.24. The van der Waals surface area contributed by atoms with Crippen LogP contribution in [0.5, 0.6) is 0 Å². The van der Waals surface area contributed by atoms with Crippen LogP contribution in [0, 0.1) is 0 Å². The molecule has 28 heavy (non-hydrogen) atoms. The molecule has 6 nitrogen and oxygen atoms in total. The number of nitrogens with one attached hydrogen (secondary N) is 1. The number of rotatable bonds is 7. The summed E-state index contributed by atoms with van der Waals surface area (Å²) in [5.74, 6) is 0.0261. The van der Waals surface area contributed by atoms with Gasteiger partial charge in [-0.25, -0.2) is 4.98 Å². The zero-order valence-corrected chi connectivity index (χ0v) is 18.1. The number of amides is 1. The second kappa shape index (κ2) is 8.55. The quantitative estimate of drug-likeness (QED) is 0.549. The molecule has 1 atom stereocenters. The van der Waals surface area contributed by atoms with Gasteiger partial charge in [-0.2, -0.15) is 0 Å². The molecule has 8 heteroatoms. The van der Waals surface area contributed by atoms with E-state index in [2.05, 4.69) is 5.32 Å². The highest BCUT2D eigenvalue weighted by molar-refractivity contribution is 8.00. The van der Waals surface area contributed by atoms with Crippen molar-refractivity contribution in [2.45, 2.75) is 74.9 Å². The maximum Gasteiger partial charge on any atom is 0.263 e. The molecular formula is C20H27N3O3S2. The fourth-order valence-corrected chi connectivity index (χ4v) is 6.37. The number of hydrogen-bond donors (Lipinski definition) is 1. The number of aryl methyl sites for hydroxylation is 2. The van der Waals surface area contributed by atoms with Crippen LogP contribution in [0.2, 0.25) is 0 Å². The first-order chi connectivity index (χ1) is 13.6. The number of aromatic nitrogens is 2. The van der Waals surface area contributed by atoms with Crippen molar-refractivity contribution in [1.29, 1.82) is 0 Å². The van der Waals surface area contributed by atoms with Crippen molar-refractivity contribution >= 4 is 39.2 Å². The maximum absolute atomic E-state index is 13.3. The summed E-state index contributed by atoms with van der Waals surface area (Å²) in [7, 11) is 1.63. The Balaban J connectivity index is 1.63. The zero-order valence-electron chi connectivity index (χ0n) is 16.5. The van der Waals surface area contributed by atoms with Crippen LogP contribution in [0.25, 0.3) is 10.2 Å². The summed E-state index contributed by atoms with van der Waals surface area (Å²) in [5.41, 5.74) is 1.19. The number of hydrogen-bond acceptors (Lipinski definition) is 6. The van der Waals surface area contributed by atoms with Crippen molar-refractivity contribution in [3.05, 3.63) is 20.8 Å². The molecule has 2 aliphatic carbocycles. The second-order valence-corrected chi connectivity index (χ2v) is 10.0. The highest BCUT2D eigenvalue weighted by Crippen LogP contribution is 2.36. The highest BCUT2D eigenvalue weighted by Gasteiger charge is 2.26. The number of carbonyl (C=O) groups excluding carboxylic acids is 1. The van der Waals surface area contributed by atoms with Gasteiger partial charge in [0.2, 0.25) is 5.91 Å². The van der Waals surface area contributed by atoms with E-state index in [1.54, 1.807) is 23.0 Å². The molecular weight excluding hydrogens is 394 g/mol. The van der Waals surface area contributed by atoms with Crippen LogP contribution in [-0.2, 0) is 28.9 Å². The van der Waals surface area contributed by atoms with Crippen molar-refractivity contribution in [3.63, 3.8) is 0 Å². The Kier molecular flexibility index (Phi) is 6.08. The van der Waals surface area contributed by atoms with Gasteiger partial charge in [-0.15, -0.1) is 11.3 Å². The lowest BCUT2D eigenvalue weighted by molar-refractivity contribution is -0.120. The molecule has 0 aromatic carbocycles. The third-order valence-corrected chi connectivity index (χ3v) is 7.94. The first-order valence-electron chi connectivity index (χ1n) is 10.1. The fourth-order valence-electron chi connectivity index (χ4n) is 4.13. The van der Waals surface area contributed by atoms with Gasteiger partial charge < -0.3 is 10.1 Å². The number of nitrogens with zero attached hydrogens (tertiary/aromatic N) is 2. The Morgan fingerprint density at radius 1 is 1.36 bits per heavy atom. The third-order valence-electron chi connectivity index (χ3n) is 5.66. The normalized spacial score (nSPS) is 17.9. The van der Waals surface area contributed by atoms with Crippen LogP contribution in [0.1, 0.15) is 49.5 Å². The monoisotopic (exact) mass is 421 g/mol. The lowest BCUT2D eigenvalue weighted by Crippen LogP contribution is -2.38. The van der Waals surface area contributed by atoms with Gasteiger partial charge in [-0.3, -0.25) is 14.2 Å². The molecule has 0 aliphatic heterocycles. The molecule has 2 aliphatic rings. The Morgan fingerprint density at radius 3 is 2.89 bits per heavy atom. The van der Waals surface area contributed by atoms with E-state index in [-0.39, 0.29) is 16.7 Å². The van der Waals surface area contributed by atoms with Crippen LogP contribution >= 0.6 is 23.1 Å². The summed E-state index contributed by atoms with van der Waals surface area (Å²) >= 11 is 3.01. The SMILES string of the molecule is COCCn1c(S[C@H](C)C(=O)NC2CCCC2)nc2sc3c(c2c1=O)CCC3. The van der Waals surface area contributed by atoms with E-state index < -0.39 is 0 Å². The third kappa shape index (κ3) is 3.86. The fraction of sp³-hybridized carbons (Fsp3) is 0.650. The number of methoxy groups -OCH3 is 1. The topological polar surface area (TPSA) is 73.2 Å². The van der Waals surface area contributed by atoms with Crippen molar-refractivity contribution in [2.75, 3.05) is 13.7 Å². The molecule has 0 saturated heterocycles. The van der Waals surface area contributed by atoms with Crippen molar-refractivity contribution in [1.82, 2.24) is 14.9 Å². The first-order valence-corrected chi connectivity index (χ1v) is 11.8. The van der Waals surface area contributed by atoms with Gasteiger partial charge in [-0.05, 0) is 44.6 Å². The standard InChI is InChI=1S/C20H27N3O3S2/c1-12(17(24)21-13-6-3-4-7-13)27-20-22-18-16(14-8-5-9-15(14)28-18)19(25)23(20)10-11-26-2/h12-13H,3-11H2,1-2H3,(H,21,24)/t12-/m1/s1. The van der Waals surface area contributed by atoms with E-state index in [0.717, 1.165) is 42.3 Å². The molecule has 1 N–H and O–H groups in total. The Bertz CT molecular complexity index is 931. The van der Waals surface area contributed by atoms with E-state index >= 15 is 0 Å². The van der Waals surface area contributed by atoms with Crippen molar-refractivity contribution in [2.24, 2.45) is 0 Å². The Labute approximate surface area is 173 Å². The van der Waals surface area contributed by atoms with Crippen LogP contribution < -0.4 is 10.9 Å². The van der Waals surface area contributed by atoms with Gasteiger partial charge in [-0.1, -0.05) is 24.6 Å². The Morgan fingerprint density at radius 2 is 2.14 bits per heavy atom. The summed E-state index contributed by atoms with van der Waals surface area (Å²) in [6.07, 6.45) is 7.61. The first kappa shape index (κ1) is 19.9. The van der Waals surface area contributed by atoms with Gasteiger partial charge in [0.25, 0.3) is 5.56 Å². The molecule has 2 aromatic heterocycles. The molecule has 1 amide bonds. The minimum Gasteiger partial charge on any atom is -0.383 e. The lowest BCUT2D eigenvalue weighted by Gasteiger charge is -2.18. The van der Waals surface area contributed by atoms with Crippen LogP contribution in [0.15, 0.2) is 9.95 Å². The molecule has 0 spiro atoms. The molecule has 2 heterocycles. The maximum atomic E-state index is 13.3. The van der Waals surface area contributed by atoms with E-state index in [9.17, 15) is 9.59 Å². The minimum absolute atomic E-state index is 0.00681. The summed E-state index contributed by atoms with van der Waals surface area (Å²) in [6.45, 7) is 2.78. The van der Waals surface area contributed by atoms with Gasteiger partial charge >= 0.3 is 0 Å². The van der Waals surface area contributed by atoms with E-state index in [4.69, 9.17) is 9.72 Å². The molecule has 1 saturated carbocycles. The average molecular weight is 422 g/mol. The molecule has 152 valence electrons. The molecule has 0 bridgehead atoms. The smallest absolute Gasteiger partial charge is 0.263 e. The molecule has 1 fully saturated rings. The van der Waals surface area contributed by atoms with Crippen LogP contribution in [0.3, 0.4) is 0 Å². The molecule has 0 unspecified atom stereocenters. The molecule has 0 radical (unpaired) electrons. The van der Waals surface area contributed by atoms with Gasteiger partial charge in [0.1, 0.15) is 4.83 Å². The Hall–Kier alpha value is -1.38. The number of fused-ring (bicyclic) bond motifs is 3. The lowest BCUT2D eigenvalue weighted by atomic mass is 10.2. The second-order valence-electron chi connectivity index (χ2n) is 7.63. The van der Waals surface area contributed by atoms with Crippen molar-refractivity contribution < 1.29 is 9.53 Å². The van der Waals surface area contributed by atoms with Crippen LogP contribution in [0.4, 0.5) is 0 Å². The minimum atomic E-state index is -0.300. The van der Waals surface area contributed by atoms with Gasteiger partial charge in [0.15, 0.2) is 5.16 Å². The number of thiophene rings is 1. The number of ether oxygens (including phenoxy) is 1. The molecule has 2 aromatic rings. The summed E-state index contributed by atoms with van der Waals surface area (Å²) in [6, 6.07) is 0.293.